The average molecular weight is 284 g/mol. The van der Waals surface area contributed by atoms with Crippen LogP contribution in [0.3, 0.4) is 0 Å². The van der Waals surface area contributed by atoms with Crippen molar-refractivity contribution >= 4 is 8.32 Å². The average Bonchev–Trinajstić information content (AvgIpc) is 2.33. The third kappa shape index (κ3) is 4.89. The summed E-state index contributed by atoms with van der Waals surface area (Å²) < 4.78 is 11.5. The van der Waals surface area contributed by atoms with Crippen LogP contribution in [0.1, 0.15) is 26.5 Å². The minimum Gasteiger partial charge on any atom is -0.489 e. The molecular formula is C13H24N2O3Si. The molecule has 0 aliphatic heterocycles. The molecule has 5 nitrogen and oxygen atoms in total. The third-order valence-corrected chi connectivity index (χ3v) is 8.00. The van der Waals surface area contributed by atoms with Crippen LogP contribution in [-0.4, -0.2) is 36.8 Å². The highest BCUT2D eigenvalue weighted by molar-refractivity contribution is 6.74. The molecule has 6 heteroatoms. The summed E-state index contributed by atoms with van der Waals surface area (Å²) in [5.41, 5.74) is 0.503. The van der Waals surface area contributed by atoms with E-state index in [-0.39, 0.29) is 11.6 Å². The summed E-state index contributed by atoms with van der Waals surface area (Å²) in [6.07, 6.45) is 1.53. The summed E-state index contributed by atoms with van der Waals surface area (Å²) in [5.74, 6) is 0.609. The number of hydrogen-bond acceptors (Lipinski definition) is 5. The Labute approximate surface area is 116 Å². The standard InChI is InChI=1S/C13H24N2O3Si/c1-13(2,3)19(4,5)18-7-6-17-12-8-11(10-16)15-14-9-12/h8-9,16H,6-7,10H2,1-5H3. The van der Waals surface area contributed by atoms with E-state index in [1.54, 1.807) is 6.07 Å². The van der Waals surface area contributed by atoms with E-state index in [4.69, 9.17) is 14.3 Å². The number of aliphatic hydroxyl groups is 1. The number of nitrogens with zero attached hydrogens (tertiary/aromatic N) is 2. The molecule has 19 heavy (non-hydrogen) atoms. The smallest absolute Gasteiger partial charge is 0.192 e. The Morgan fingerprint density at radius 3 is 2.53 bits per heavy atom. The van der Waals surface area contributed by atoms with Gasteiger partial charge in [-0.2, -0.15) is 10.2 Å². The second-order valence-corrected chi connectivity index (χ2v) is 10.8. The zero-order valence-electron chi connectivity index (χ0n) is 12.4. The fraction of sp³-hybridized carbons (Fsp3) is 0.692. The summed E-state index contributed by atoms with van der Waals surface area (Å²) >= 11 is 0. The molecule has 0 saturated carbocycles. The number of ether oxygens (including phenoxy) is 1. The Kier molecular flexibility index (Phi) is 5.46. The van der Waals surface area contributed by atoms with Gasteiger partial charge in [-0.05, 0) is 18.1 Å². The third-order valence-electron chi connectivity index (χ3n) is 3.46. The van der Waals surface area contributed by atoms with Gasteiger partial charge in [0, 0.05) is 6.07 Å². The minimum atomic E-state index is -1.71. The molecule has 0 saturated heterocycles. The Bertz CT molecular complexity index is 405. The first-order valence-electron chi connectivity index (χ1n) is 6.45. The first-order valence-corrected chi connectivity index (χ1v) is 9.36. The van der Waals surface area contributed by atoms with Crippen LogP contribution >= 0.6 is 0 Å². The molecule has 0 spiro atoms. The van der Waals surface area contributed by atoms with Gasteiger partial charge >= 0.3 is 0 Å². The van der Waals surface area contributed by atoms with E-state index in [9.17, 15) is 0 Å². The molecule has 108 valence electrons. The highest BCUT2D eigenvalue weighted by Gasteiger charge is 2.36. The molecule has 1 rings (SSSR count). The van der Waals surface area contributed by atoms with Crippen LogP contribution in [0.15, 0.2) is 12.3 Å². The molecule has 1 aromatic heterocycles. The quantitative estimate of drug-likeness (QED) is 0.642. The Balaban J connectivity index is 2.39. The molecule has 0 bridgehead atoms. The van der Waals surface area contributed by atoms with Gasteiger partial charge in [-0.1, -0.05) is 20.8 Å². The summed E-state index contributed by atoms with van der Waals surface area (Å²) in [6, 6.07) is 1.68. The van der Waals surface area contributed by atoms with E-state index < -0.39 is 8.32 Å². The summed E-state index contributed by atoms with van der Waals surface area (Å²) in [5, 5.41) is 16.7. The summed E-state index contributed by atoms with van der Waals surface area (Å²) in [7, 11) is -1.71. The second-order valence-electron chi connectivity index (χ2n) is 6.00. The molecule has 0 amide bonds. The first kappa shape index (κ1) is 16.1. The monoisotopic (exact) mass is 284 g/mol. The van der Waals surface area contributed by atoms with Crippen LogP contribution in [0.5, 0.6) is 5.75 Å². The van der Waals surface area contributed by atoms with Gasteiger partial charge in [0.15, 0.2) is 8.32 Å². The van der Waals surface area contributed by atoms with Crippen molar-refractivity contribution in [1.82, 2.24) is 10.2 Å². The van der Waals surface area contributed by atoms with Gasteiger partial charge in [-0.3, -0.25) is 0 Å². The number of hydrogen-bond donors (Lipinski definition) is 1. The lowest BCUT2D eigenvalue weighted by Crippen LogP contribution is -2.41. The Morgan fingerprint density at radius 2 is 1.95 bits per heavy atom. The van der Waals surface area contributed by atoms with Crippen molar-refractivity contribution in [2.24, 2.45) is 0 Å². The maximum absolute atomic E-state index is 8.95. The van der Waals surface area contributed by atoms with Gasteiger partial charge in [0.2, 0.25) is 0 Å². The van der Waals surface area contributed by atoms with Crippen LogP contribution in [0.25, 0.3) is 0 Å². The number of aromatic nitrogens is 2. The van der Waals surface area contributed by atoms with Crippen LogP contribution < -0.4 is 4.74 Å². The molecule has 1 aromatic rings. The minimum absolute atomic E-state index is 0.134. The molecular weight excluding hydrogens is 260 g/mol. The summed E-state index contributed by atoms with van der Waals surface area (Å²) in [4.78, 5) is 0. The van der Waals surface area contributed by atoms with Crippen molar-refractivity contribution in [3.05, 3.63) is 18.0 Å². The van der Waals surface area contributed by atoms with Crippen LogP contribution in [-0.2, 0) is 11.0 Å². The number of aliphatic hydroxyl groups excluding tert-OH is 1. The number of rotatable bonds is 6. The molecule has 1 N–H and O–H groups in total. The summed E-state index contributed by atoms with van der Waals surface area (Å²) in [6.45, 7) is 12.0. The Morgan fingerprint density at radius 1 is 1.26 bits per heavy atom. The largest absolute Gasteiger partial charge is 0.489 e. The lowest BCUT2D eigenvalue weighted by molar-refractivity contribution is 0.202. The maximum Gasteiger partial charge on any atom is 0.192 e. The van der Waals surface area contributed by atoms with Crippen molar-refractivity contribution in [3.63, 3.8) is 0 Å². The predicted molar refractivity (Wildman–Crippen MR) is 76.6 cm³/mol. The molecule has 0 aliphatic rings. The lowest BCUT2D eigenvalue weighted by Gasteiger charge is -2.36. The molecule has 0 radical (unpaired) electrons. The van der Waals surface area contributed by atoms with E-state index in [1.165, 1.54) is 6.20 Å². The van der Waals surface area contributed by atoms with E-state index in [1.807, 2.05) is 0 Å². The van der Waals surface area contributed by atoms with Gasteiger partial charge in [0.25, 0.3) is 0 Å². The normalized spacial score (nSPS) is 12.5. The van der Waals surface area contributed by atoms with Crippen LogP contribution in [0, 0.1) is 0 Å². The Hall–Kier alpha value is -0.983. The van der Waals surface area contributed by atoms with Crippen molar-refractivity contribution in [2.75, 3.05) is 13.2 Å². The zero-order chi connectivity index (χ0) is 14.5. The lowest BCUT2D eigenvalue weighted by atomic mass is 10.2. The van der Waals surface area contributed by atoms with Gasteiger partial charge in [-0.25, -0.2) is 0 Å². The van der Waals surface area contributed by atoms with E-state index in [0.29, 0.717) is 24.7 Å². The predicted octanol–water partition coefficient (Wildman–Crippen LogP) is 2.37. The molecule has 0 aliphatic carbocycles. The SMILES string of the molecule is CC(C)(C)[Si](C)(C)OCCOc1cnnc(CO)c1. The molecule has 0 unspecified atom stereocenters. The van der Waals surface area contributed by atoms with Crippen molar-refractivity contribution in [2.45, 2.75) is 45.5 Å². The van der Waals surface area contributed by atoms with Gasteiger partial charge < -0.3 is 14.3 Å². The molecule has 1 heterocycles. The highest BCUT2D eigenvalue weighted by atomic mass is 28.4. The van der Waals surface area contributed by atoms with E-state index >= 15 is 0 Å². The van der Waals surface area contributed by atoms with Crippen molar-refractivity contribution in [3.8, 4) is 5.75 Å². The fourth-order valence-electron chi connectivity index (χ4n) is 1.22. The highest BCUT2D eigenvalue weighted by Crippen LogP contribution is 2.36. The zero-order valence-corrected chi connectivity index (χ0v) is 13.4. The van der Waals surface area contributed by atoms with Crippen LogP contribution in [0.2, 0.25) is 18.1 Å². The maximum atomic E-state index is 8.95. The molecule has 0 aromatic carbocycles. The van der Waals surface area contributed by atoms with Crippen molar-refractivity contribution in [1.29, 1.82) is 0 Å². The van der Waals surface area contributed by atoms with Crippen LogP contribution in [0.4, 0.5) is 0 Å². The van der Waals surface area contributed by atoms with E-state index in [2.05, 4.69) is 44.1 Å². The first-order chi connectivity index (χ1) is 8.76. The van der Waals surface area contributed by atoms with Gasteiger partial charge in [0.1, 0.15) is 12.4 Å². The molecule has 0 fully saturated rings. The van der Waals surface area contributed by atoms with E-state index in [0.717, 1.165) is 0 Å². The second kappa shape index (κ2) is 6.45. The van der Waals surface area contributed by atoms with Crippen molar-refractivity contribution < 1.29 is 14.3 Å². The van der Waals surface area contributed by atoms with Gasteiger partial charge in [0.05, 0.1) is 25.1 Å². The fourth-order valence-corrected chi connectivity index (χ4v) is 2.25. The molecule has 0 atom stereocenters. The topological polar surface area (TPSA) is 64.5 Å². The van der Waals surface area contributed by atoms with Gasteiger partial charge in [-0.15, -0.1) is 0 Å².